The summed E-state index contributed by atoms with van der Waals surface area (Å²) in [4.78, 5) is 21.0. The van der Waals surface area contributed by atoms with Crippen molar-refractivity contribution in [2.24, 2.45) is 0 Å². The van der Waals surface area contributed by atoms with Crippen LogP contribution in [0, 0.1) is 0 Å². The fraction of sp³-hybridized carbons (Fsp3) is 0.263. The van der Waals surface area contributed by atoms with Crippen LogP contribution in [0.25, 0.3) is 0 Å². The molecule has 0 radical (unpaired) electrons. The standard InChI is InChI=1S/C19H22N4O2/c1-3-10-22-11-12-23(17-8-5-9-20-18(17)22)19(24)21-14-15-6-4-7-16(13-15)25-2/h3-9,13H,1,10-12,14H2,2H3,(H,21,24). The third kappa shape index (κ3) is 3.74. The van der Waals surface area contributed by atoms with Gasteiger partial charge in [-0.3, -0.25) is 4.90 Å². The van der Waals surface area contributed by atoms with E-state index < -0.39 is 0 Å². The van der Waals surface area contributed by atoms with E-state index >= 15 is 0 Å². The molecular formula is C19H22N4O2. The molecule has 6 heteroatoms. The Morgan fingerprint density at radius 3 is 3.04 bits per heavy atom. The molecule has 0 fully saturated rings. The maximum absolute atomic E-state index is 12.7. The second-order valence-corrected chi connectivity index (χ2v) is 5.74. The van der Waals surface area contributed by atoms with Gasteiger partial charge in [0, 0.05) is 32.4 Å². The molecule has 0 bridgehead atoms. The molecule has 0 unspecified atom stereocenters. The van der Waals surface area contributed by atoms with Crippen molar-refractivity contribution in [3.8, 4) is 5.75 Å². The van der Waals surface area contributed by atoms with Crippen LogP contribution in [0.4, 0.5) is 16.3 Å². The lowest BCUT2D eigenvalue weighted by molar-refractivity contribution is 0.245. The lowest BCUT2D eigenvalue weighted by Gasteiger charge is -2.36. The third-order valence-corrected chi connectivity index (χ3v) is 4.12. The van der Waals surface area contributed by atoms with Gasteiger partial charge in [-0.05, 0) is 29.8 Å². The normalized spacial score (nSPS) is 13.2. The first-order valence-electron chi connectivity index (χ1n) is 8.22. The molecule has 25 heavy (non-hydrogen) atoms. The minimum Gasteiger partial charge on any atom is -0.497 e. The number of hydrogen-bond donors (Lipinski definition) is 1. The molecule has 130 valence electrons. The quantitative estimate of drug-likeness (QED) is 0.852. The number of carbonyl (C=O) groups excluding carboxylic acids is 1. The van der Waals surface area contributed by atoms with Crippen LogP contribution in [-0.4, -0.2) is 37.8 Å². The number of nitrogens with one attached hydrogen (secondary N) is 1. The maximum atomic E-state index is 12.7. The Bertz CT molecular complexity index is 763. The molecule has 1 aromatic heterocycles. The Morgan fingerprint density at radius 2 is 2.24 bits per heavy atom. The summed E-state index contributed by atoms with van der Waals surface area (Å²) in [6, 6.07) is 11.3. The second-order valence-electron chi connectivity index (χ2n) is 5.74. The highest BCUT2D eigenvalue weighted by atomic mass is 16.5. The smallest absolute Gasteiger partial charge is 0.322 e. The van der Waals surface area contributed by atoms with Gasteiger partial charge in [-0.15, -0.1) is 6.58 Å². The van der Waals surface area contributed by atoms with Gasteiger partial charge in [0.1, 0.15) is 5.75 Å². The zero-order chi connectivity index (χ0) is 17.6. The molecule has 1 aliphatic rings. The lowest BCUT2D eigenvalue weighted by atomic mass is 10.2. The van der Waals surface area contributed by atoms with E-state index in [-0.39, 0.29) is 6.03 Å². The molecule has 6 nitrogen and oxygen atoms in total. The molecule has 0 aliphatic carbocycles. The van der Waals surface area contributed by atoms with Gasteiger partial charge in [-0.1, -0.05) is 18.2 Å². The number of hydrogen-bond acceptors (Lipinski definition) is 4. The third-order valence-electron chi connectivity index (χ3n) is 4.12. The first kappa shape index (κ1) is 16.8. The molecule has 0 saturated carbocycles. The van der Waals surface area contributed by atoms with E-state index in [1.807, 2.05) is 42.5 Å². The van der Waals surface area contributed by atoms with Gasteiger partial charge in [-0.25, -0.2) is 9.78 Å². The molecule has 3 rings (SSSR count). The number of anilines is 2. The predicted molar refractivity (Wildman–Crippen MR) is 99.2 cm³/mol. The molecule has 0 spiro atoms. The van der Waals surface area contributed by atoms with Gasteiger partial charge >= 0.3 is 6.03 Å². The molecule has 2 heterocycles. The van der Waals surface area contributed by atoms with Crippen molar-refractivity contribution >= 4 is 17.5 Å². The average molecular weight is 338 g/mol. The number of benzene rings is 1. The van der Waals surface area contributed by atoms with Gasteiger partial charge < -0.3 is 15.0 Å². The number of amides is 2. The largest absolute Gasteiger partial charge is 0.497 e. The minimum absolute atomic E-state index is 0.129. The van der Waals surface area contributed by atoms with E-state index in [0.717, 1.165) is 29.4 Å². The summed E-state index contributed by atoms with van der Waals surface area (Å²) in [5.74, 6) is 1.59. The highest BCUT2D eigenvalue weighted by molar-refractivity contribution is 5.96. The second kappa shape index (κ2) is 7.70. The van der Waals surface area contributed by atoms with Crippen LogP contribution in [0.1, 0.15) is 5.56 Å². The van der Waals surface area contributed by atoms with Gasteiger partial charge in [0.05, 0.1) is 12.8 Å². The van der Waals surface area contributed by atoms with Crippen LogP contribution in [0.2, 0.25) is 0 Å². The van der Waals surface area contributed by atoms with E-state index in [1.165, 1.54) is 0 Å². The summed E-state index contributed by atoms with van der Waals surface area (Å²) >= 11 is 0. The number of rotatable bonds is 5. The van der Waals surface area contributed by atoms with Gasteiger partial charge in [0.15, 0.2) is 5.82 Å². The molecule has 1 N–H and O–H groups in total. The highest BCUT2D eigenvalue weighted by Crippen LogP contribution is 2.30. The zero-order valence-corrected chi connectivity index (χ0v) is 14.3. The molecule has 2 amide bonds. The van der Waals surface area contributed by atoms with Gasteiger partial charge in [0.25, 0.3) is 0 Å². The van der Waals surface area contributed by atoms with Crippen molar-refractivity contribution in [3.05, 3.63) is 60.8 Å². The van der Waals surface area contributed by atoms with Crippen molar-refractivity contribution in [1.29, 1.82) is 0 Å². The minimum atomic E-state index is -0.129. The summed E-state index contributed by atoms with van der Waals surface area (Å²) in [6.45, 7) is 6.27. The van der Waals surface area contributed by atoms with Crippen LogP contribution >= 0.6 is 0 Å². The fourth-order valence-corrected chi connectivity index (χ4v) is 2.89. The SMILES string of the molecule is C=CCN1CCN(C(=O)NCc2cccc(OC)c2)c2cccnc21. The number of fused-ring (bicyclic) bond motifs is 1. The number of aromatic nitrogens is 1. The van der Waals surface area contributed by atoms with Gasteiger partial charge in [-0.2, -0.15) is 0 Å². The molecular weight excluding hydrogens is 316 g/mol. The maximum Gasteiger partial charge on any atom is 0.322 e. The van der Waals surface area contributed by atoms with Crippen molar-refractivity contribution < 1.29 is 9.53 Å². The van der Waals surface area contributed by atoms with E-state index in [9.17, 15) is 4.79 Å². The van der Waals surface area contributed by atoms with Crippen LogP contribution in [0.5, 0.6) is 5.75 Å². The summed E-state index contributed by atoms with van der Waals surface area (Å²) in [6.07, 6.45) is 3.59. The van der Waals surface area contributed by atoms with Crippen molar-refractivity contribution in [1.82, 2.24) is 10.3 Å². The zero-order valence-electron chi connectivity index (χ0n) is 14.3. The lowest BCUT2D eigenvalue weighted by Crippen LogP contribution is -2.48. The number of carbonyl (C=O) groups is 1. The van der Waals surface area contributed by atoms with E-state index in [2.05, 4.69) is 21.8 Å². The number of pyridine rings is 1. The average Bonchev–Trinajstić information content (AvgIpc) is 2.66. The van der Waals surface area contributed by atoms with Crippen LogP contribution < -0.4 is 19.9 Å². The Morgan fingerprint density at radius 1 is 1.36 bits per heavy atom. The Hall–Kier alpha value is -3.02. The topological polar surface area (TPSA) is 57.7 Å². The molecule has 0 saturated heterocycles. The van der Waals surface area contributed by atoms with Crippen LogP contribution in [0.3, 0.4) is 0 Å². The number of nitrogens with zero attached hydrogens (tertiary/aromatic N) is 3. The van der Waals surface area contributed by atoms with E-state index in [1.54, 1.807) is 18.2 Å². The van der Waals surface area contributed by atoms with Crippen LogP contribution in [0.15, 0.2) is 55.3 Å². The molecule has 1 aromatic carbocycles. The highest BCUT2D eigenvalue weighted by Gasteiger charge is 2.26. The first-order valence-corrected chi connectivity index (χ1v) is 8.22. The predicted octanol–water partition coefficient (Wildman–Crippen LogP) is 2.81. The molecule has 1 aliphatic heterocycles. The summed E-state index contributed by atoms with van der Waals surface area (Å²) < 4.78 is 5.21. The van der Waals surface area contributed by atoms with Gasteiger partial charge in [0.2, 0.25) is 0 Å². The first-order chi connectivity index (χ1) is 12.2. The van der Waals surface area contributed by atoms with E-state index in [0.29, 0.717) is 19.6 Å². The van der Waals surface area contributed by atoms with Crippen molar-refractivity contribution in [2.45, 2.75) is 6.54 Å². The molecule has 0 atom stereocenters. The number of urea groups is 1. The van der Waals surface area contributed by atoms with Crippen LogP contribution in [-0.2, 0) is 6.54 Å². The van der Waals surface area contributed by atoms with Crippen molar-refractivity contribution in [2.75, 3.05) is 36.5 Å². The number of methoxy groups -OCH3 is 1. The fourth-order valence-electron chi connectivity index (χ4n) is 2.89. The number of ether oxygens (including phenoxy) is 1. The Labute approximate surface area is 147 Å². The monoisotopic (exact) mass is 338 g/mol. The summed E-state index contributed by atoms with van der Waals surface area (Å²) in [5, 5.41) is 2.97. The Balaban J connectivity index is 1.71. The van der Waals surface area contributed by atoms with E-state index in [4.69, 9.17) is 4.74 Å². The van der Waals surface area contributed by atoms with Crippen molar-refractivity contribution in [3.63, 3.8) is 0 Å². The molecule has 2 aromatic rings. The summed E-state index contributed by atoms with van der Waals surface area (Å²) in [5.41, 5.74) is 1.81. The summed E-state index contributed by atoms with van der Waals surface area (Å²) in [7, 11) is 1.63. The Kier molecular flexibility index (Phi) is 5.18.